The van der Waals surface area contributed by atoms with Crippen LogP contribution in [0.1, 0.15) is 34.5 Å². The fraction of sp³-hybridized carbons (Fsp3) is 0.171. The van der Waals surface area contributed by atoms with E-state index in [0.29, 0.717) is 39.4 Å². The van der Waals surface area contributed by atoms with Crippen LogP contribution < -0.4 is 15.8 Å². The van der Waals surface area contributed by atoms with E-state index in [-0.39, 0.29) is 42.4 Å². The molecule has 0 saturated carbocycles. The molecule has 47 heavy (non-hydrogen) atoms. The molecule has 3 N–H and O–H groups in total. The second-order valence-electron chi connectivity index (χ2n) is 11.1. The number of alkyl halides is 2. The van der Waals surface area contributed by atoms with Crippen molar-refractivity contribution in [1.82, 2.24) is 15.2 Å². The predicted octanol–water partition coefficient (Wildman–Crippen LogP) is 7.35. The van der Waals surface area contributed by atoms with Crippen molar-refractivity contribution in [2.75, 3.05) is 18.8 Å². The van der Waals surface area contributed by atoms with Crippen LogP contribution in [0, 0.1) is 11.6 Å². The number of hydrogen-bond acceptors (Lipinski definition) is 6. The highest BCUT2D eigenvalue weighted by molar-refractivity contribution is 5.96. The number of nitrogens with two attached hydrogens (primary N) is 1. The molecular weight excluding hydrogens is 616 g/mol. The lowest BCUT2D eigenvalue weighted by atomic mass is 10.00. The van der Waals surface area contributed by atoms with Gasteiger partial charge in [-0.15, -0.1) is 0 Å². The Bertz CT molecular complexity index is 1960. The highest BCUT2D eigenvalue weighted by Gasteiger charge is 2.36. The number of benzene rings is 3. The molecule has 0 atom stereocenters. The predicted molar refractivity (Wildman–Crippen MR) is 168 cm³/mol. The summed E-state index contributed by atoms with van der Waals surface area (Å²) in [7, 11) is 0. The zero-order valence-electron chi connectivity index (χ0n) is 24.8. The largest absolute Gasteiger partial charge is 0.455 e. The van der Waals surface area contributed by atoms with Gasteiger partial charge in [-0.25, -0.2) is 22.5 Å². The molecule has 0 bridgehead atoms. The summed E-state index contributed by atoms with van der Waals surface area (Å²) in [5.41, 5.74) is 7.16. The van der Waals surface area contributed by atoms with Gasteiger partial charge in [0.05, 0.1) is 6.54 Å². The van der Waals surface area contributed by atoms with E-state index >= 15 is 4.39 Å². The summed E-state index contributed by atoms with van der Waals surface area (Å²) < 4.78 is 68.3. The quantitative estimate of drug-likeness (QED) is 0.135. The van der Waals surface area contributed by atoms with Crippen molar-refractivity contribution in [1.29, 1.82) is 0 Å². The Labute approximate surface area is 266 Å². The molecule has 240 valence electrons. The molecule has 0 radical (unpaired) electrons. The van der Waals surface area contributed by atoms with Gasteiger partial charge in [0, 0.05) is 54.7 Å². The minimum Gasteiger partial charge on any atom is -0.455 e. The lowest BCUT2D eigenvalue weighted by molar-refractivity contribution is -0.116. The van der Waals surface area contributed by atoms with Crippen LogP contribution in [0.3, 0.4) is 0 Å². The molecule has 12 heteroatoms. The number of ether oxygens (including phenoxy) is 1. The summed E-state index contributed by atoms with van der Waals surface area (Å²) in [6.45, 7) is -0.206. The van der Waals surface area contributed by atoms with Crippen molar-refractivity contribution in [2.24, 2.45) is 0 Å². The van der Waals surface area contributed by atoms with Crippen LogP contribution in [0.2, 0.25) is 0 Å². The highest BCUT2D eigenvalue weighted by atomic mass is 19.3. The second-order valence-corrected chi connectivity index (χ2v) is 11.1. The normalized spacial score (nSPS) is 14.4. The first-order valence-electron chi connectivity index (χ1n) is 14.7. The molecule has 1 aliphatic rings. The number of furan rings is 1. The molecule has 6 rings (SSSR count). The number of carbonyl (C=O) groups is 2. The van der Waals surface area contributed by atoms with Crippen LogP contribution in [-0.2, 0) is 11.3 Å². The number of hydrogen-bond donors (Lipinski definition) is 2. The van der Waals surface area contributed by atoms with Crippen molar-refractivity contribution in [3.63, 3.8) is 0 Å². The zero-order valence-corrected chi connectivity index (χ0v) is 24.8. The maximum Gasteiger partial charge on any atom is 0.253 e. The maximum absolute atomic E-state index is 15.6. The number of rotatable bonds is 8. The summed E-state index contributed by atoms with van der Waals surface area (Å²) >= 11 is 0. The van der Waals surface area contributed by atoms with E-state index in [1.807, 2.05) is 0 Å². The van der Waals surface area contributed by atoms with Gasteiger partial charge in [0.2, 0.25) is 5.91 Å². The minimum absolute atomic E-state index is 0.0246. The van der Waals surface area contributed by atoms with Crippen LogP contribution in [0.15, 0.2) is 89.5 Å². The van der Waals surface area contributed by atoms with E-state index in [9.17, 15) is 22.8 Å². The van der Waals surface area contributed by atoms with Gasteiger partial charge >= 0.3 is 0 Å². The van der Waals surface area contributed by atoms with Crippen molar-refractivity contribution < 1.29 is 36.3 Å². The number of piperidine rings is 1. The first-order chi connectivity index (χ1) is 22.5. The van der Waals surface area contributed by atoms with E-state index in [1.54, 1.807) is 36.4 Å². The monoisotopic (exact) mass is 644 g/mol. The van der Waals surface area contributed by atoms with E-state index in [2.05, 4.69) is 10.3 Å². The fourth-order valence-electron chi connectivity index (χ4n) is 5.14. The standard InChI is InChI=1S/C35H28F4N4O4/c36-25-4-6-26(7-5-25)46-30-18-23(28-8-3-22(17-29(28)37)34(45)43-13-11-35(38,39)12-14-43)15-24-16-27(47-33(24)30)20-42-32(44)10-2-21-1-9-31(40)41-19-21/h1-10,15-19H,11-14,20H2,(H2,40,41)(H,42,44)/b10-2+. The number of pyridine rings is 1. The average Bonchev–Trinajstić information content (AvgIpc) is 3.47. The number of fused-ring (bicyclic) bond motifs is 1. The Kier molecular flexibility index (Phi) is 8.66. The Morgan fingerprint density at radius 1 is 1.00 bits per heavy atom. The van der Waals surface area contributed by atoms with Crippen molar-refractivity contribution >= 4 is 34.7 Å². The number of nitrogens with one attached hydrogen (secondary N) is 1. The van der Waals surface area contributed by atoms with Crippen LogP contribution in [-0.4, -0.2) is 40.7 Å². The number of nitrogens with zero attached hydrogens (tertiary/aromatic N) is 2. The van der Waals surface area contributed by atoms with Gasteiger partial charge in [-0.3, -0.25) is 9.59 Å². The molecule has 3 heterocycles. The average molecular weight is 645 g/mol. The Hall–Kier alpha value is -5.65. The summed E-state index contributed by atoms with van der Waals surface area (Å²) in [6, 6.07) is 17.5. The second kappa shape index (κ2) is 13.0. The summed E-state index contributed by atoms with van der Waals surface area (Å²) in [5.74, 6) is -3.65. The van der Waals surface area contributed by atoms with Crippen LogP contribution in [0.5, 0.6) is 11.5 Å². The van der Waals surface area contributed by atoms with Crippen molar-refractivity contribution in [3.05, 3.63) is 114 Å². The molecule has 0 spiro atoms. The van der Waals surface area contributed by atoms with Gasteiger partial charge in [-0.2, -0.15) is 0 Å². The topological polar surface area (TPSA) is 111 Å². The summed E-state index contributed by atoms with van der Waals surface area (Å²) in [5, 5.41) is 3.26. The fourth-order valence-corrected chi connectivity index (χ4v) is 5.14. The lowest BCUT2D eigenvalue weighted by Gasteiger charge is -2.31. The van der Waals surface area contributed by atoms with Gasteiger partial charge < -0.3 is 25.1 Å². The molecule has 1 fully saturated rings. The van der Waals surface area contributed by atoms with Gasteiger partial charge in [0.25, 0.3) is 11.8 Å². The number of halogens is 4. The summed E-state index contributed by atoms with van der Waals surface area (Å²) in [6.07, 6.45) is 3.58. The first-order valence-corrected chi connectivity index (χ1v) is 14.7. The third-order valence-electron chi connectivity index (χ3n) is 7.66. The molecule has 8 nitrogen and oxygen atoms in total. The minimum atomic E-state index is -2.82. The number of amides is 2. The number of nitrogen functional groups attached to an aromatic ring is 1. The Balaban J connectivity index is 1.26. The van der Waals surface area contributed by atoms with E-state index in [4.69, 9.17) is 14.9 Å². The Morgan fingerprint density at radius 2 is 1.77 bits per heavy atom. The van der Waals surface area contributed by atoms with Crippen molar-refractivity contribution in [3.8, 4) is 22.6 Å². The first kappa shape index (κ1) is 31.3. The van der Waals surface area contributed by atoms with E-state index < -0.39 is 36.3 Å². The van der Waals surface area contributed by atoms with Gasteiger partial charge in [0.15, 0.2) is 11.3 Å². The molecule has 1 aliphatic heterocycles. The van der Waals surface area contributed by atoms with E-state index in [0.717, 1.165) is 6.07 Å². The molecule has 0 unspecified atom stereocenters. The molecule has 0 aliphatic carbocycles. The smallest absolute Gasteiger partial charge is 0.253 e. The SMILES string of the molecule is Nc1ccc(/C=C/C(=O)NCc2cc3cc(-c4ccc(C(=O)N5CCC(F)(F)CC5)cc4F)cc(Oc4ccc(F)cc4)c3o2)cn1. The molecule has 5 aromatic rings. The van der Waals surface area contributed by atoms with Gasteiger partial charge in [-0.1, -0.05) is 6.07 Å². The number of likely N-dealkylation sites (tertiary alicyclic amines) is 1. The number of carbonyl (C=O) groups excluding carboxylic acids is 2. The Morgan fingerprint density at radius 3 is 2.47 bits per heavy atom. The third kappa shape index (κ3) is 7.43. The van der Waals surface area contributed by atoms with Crippen LogP contribution in [0.25, 0.3) is 28.2 Å². The zero-order chi connectivity index (χ0) is 33.1. The van der Waals surface area contributed by atoms with E-state index in [1.165, 1.54) is 53.6 Å². The number of aromatic nitrogens is 1. The molecule has 2 amide bonds. The third-order valence-corrected chi connectivity index (χ3v) is 7.66. The highest BCUT2D eigenvalue weighted by Crippen LogP contribution is 2.38. The van der Waals surface area contributed by atoms with Crippen LogP contribution in [0.4, 0.5) is 23.4 Å². The lowest BCUT2D eigenvalue weighted by Crippen LogP contribution is -2.42. The molecule has 2 aromatic heterocycles. The summed E-state index contributed by atoms with van der Waals surface area (Å²) in [4.78, 5) is 30.6. The number of anilines is 1. The maximum atomic E-state index is 15.6. The molecule has 1 saturated heterocycles. The molecular formula is C35H28F4N4O4. The van der Waals surface area contributed by atoms with Gasteiger partial charge in [-0.05, 0) is 83.9 Å². The molecule has 3 aromatic carbocycles. The van der Waals surface area contributed by atoms with Crippen molar-refractivity contribution in [2.45, 2.75) is 25.3 Å². The van der Waals surface area contributed by atoms with Gasteiger partial charge in [0.1, 0.15) is 29.0 Å². The van der Waals surface area contributed by atoms with Crippen LogP contribution >= 0.6 is 0 Å².